The average molecular weight is 258 g/mol. The summed E-state index contributed by atoms with van der Waals surface area (Å²) in [4.78, 5) is 33.7. The lowest BCUT2D eigenvalue weighted by Crippen LogP contribution is -2.39. The van der Waals surface area contributed by atoms with Gasteiger partial charge < -0.3 is 20.5 Å². The molecular formula is C11H18N2O5. The Morgan fingerprint density at radius 3 is 2.39 bits per heavy atom. The summed E-state index contributed by atoms with van der Waals surface area (Å²) < 4.78 is 4.76. The monoisotopic (exact) mass is 258 g/mol. The normalized spacial score (nSPS) is 15.8. The van der Waals surface area contributed by atoms with E-state index in [1.54, 1.807) is 0 Å². The van der Waals surface area contributed by atoms with E-state index in [0.29, 0.717) is 26.0 Å². The van der Waals surface area contributed by atoms with Crippen LogP contribution in [0.25, 0.3) is 0 Å². The summed E-state index contributed by atoms with van der Waals surface area (Å²) in [5, 5.41) is 14.0. The van der Waals surface area contributed by atoms with Gasteiger partial charge in [0.2, 0.25) is 11.8 Å². The third kappa shape index (κ3) is 3.69. The number of aliphatic carboxylic acids is 1. The molecule has 0 bridgehead atoms. The van der Waals surface area contributed by atoms with Gasteiger partial charge in [-0.2, -0.15) is 0 Å². The number of carboxylic acid groups (broad SMARTS) is 1. The molecule has 0 atom stereocenters. The highest BCUT2D eigenvalue weighted by Crippen LogP contribution is 2.45. The lowest BCUT2D eigenvalue weighted by molar-refractivity contribution is -0.149. The van der Waals surface area contributed by atoms with Crippen molar-refractivity contribution in [3.05, 3.63) is 0 Å². The predicted molar refractivity (Wildman–Crippen MR) is 61.8 cm³/mol. The summed E-state index contributed by atoms with van der Waals surface area (Å²) >= 11 is 0. The van der Waals surface area contributed by atoms with E-state index in [4.69, 9.17) is 9.84 Å². The minimum Gasteiger partial charge on any atom is -0.480 e. The number of carboxylic acids is 1. The van der Waals surface area contributed by atoms with E-state index in [-0.39, 0.29) is 18.9 Å². The Morgan fingerprint density at radius 2 is 1.89 bits per heavy atom. The number of nitrogens with one attached hydrogen (secondary N) is 2. The first kappa shape index (κ1) is 14.4. The summed E-state index contributed by atoms with van der Waals surface area (Å²) in [6.45, 7) is 0.995. The number of carbonyl (C=O) groups excluding carboxylic acids is 2. The summed E-state index contributed by atoms with van der Waals surface area (Å²) in [6, 6.07) is 0. The smallest absolute Gasteiger partial charge is 0.319 e. The van der Waals surface area contributed by atoms with Crippen molar-refractivity contribution in [1.82, 2.24) is 10.6 Å². The summed E-state index contributed by atoms with van der Waals surface area (Å²) in [7, 11) is 1.54. The predicted octanol–water partition coefficient (Wildman–Crippen LogP) is -0.880. The molecule has 0 aliphatic heterocycles. The van der Waals surface area contributed by atoms with E-state index in [1.165, 1.54) is 7.11 Å². The maximum absolute atomic E-state index is 11.6. The zero-order valence-corrected chi connectivity index (χ0v) is 10.3. The van der Waals surface area contributed by atoms with Crippen LogP contribution in [0.5, 0.6) is 0 Å². The van der Waals surface area contributed by atoms with Crippen LogP contribution in [0, 0.1) is 5.41 Å². The Hall–Kier alpha value is -1.63. The van der Waals surface area contributed by atoms with E-state index in [2.05, 4.69) is 10.6 Å². The Kier molecular flexibility index (Phi) is 5.08. The summed E-state index contributed by atoms with van der Waals surface area (Å²) in [6.07, 6.45) is 0.869. The number of hydrogen-bond donors (Lipinski definition) is 3. The maximum atomic E-state index is 11.6. The van der Waals surface area contributed by atoms with Crippen LogP contribution in [0.4, 0.5) is 0 Å². The molecule has 18 heavy (non-hydrogen) atoms. The van der Waals surface area contributed by atoms with Gasteiger partial charge in [-0.05, 0) is 12.8 Å². The molecule has 0 unspecified atom stereocenters. The van der Waals surface area contributed by atoms with Crippen LogP contribution in [0.3, 0.4) is 0 Å². The molecule has 1 saturated carbocycles. The molecule has 3 N–H and O–H groups in total. The number of amides is 2. The molecule has 1 fully saturated rings. The fourth-order valence-electron chi connectivity index (χ4n) is 1.50. The van der Waals surface area contributed by atoms with Crippen molar-refractivity contribution in [2.45, 2.75) is 19.3 Å². The number of methoxy groups -OCH3 is 1. The Bertz CT molecular complexity index is 338. The molecule has 0 aromatic carbocycles. The molecule has 0 aromatic rings. The van der Waals surface area contributed by atoms with Gasteiger partial charge in [-0.25, -0.2) is 0 Å². The molecule has 0 aromatic heterocycles. The molecule has 0 saturated heterocycles. The molecule has 7 heteroatoms. The minimum absolute atomic E-state index is 0.130. The van der Waals surface area contributed by atoms with Crippen LogP contribution < -0.4 is 10.6 Å². The van der Waals surface area contributed by atoms with Crippen LogP contribution in [-0.2, 0) is 19.1 Å². The number of ether oxygens (including phenoxy) is 1. The second kappa shape index (κ2) is 6.34. The van der Waals surface area contributed by atoms with Gasteiger partial charge >= 0.3 is 5.97 Å². The van der Waals surface area contributed by atoms with Crippen molar-refractivity contribution in [2.75, 3.05) is 26.8 Å². The molecule has 0 heterocycles. The van der Waals surface area contributed by atoms with E-state index < -0.39 is 17.3 Å². The number of hydrogen-bond acceptors (Lipinski definition) is 4. The molecule has 1 aliphatic carbocycles. The van der Waals surface area contributed by atoms with E-state index >= 15 is 0 Å². The highest BCUT2D eigenvalue weighted by atomic mass is 16.5. The third-order valence-electron chi connectivity index (χ3n) is 2.86. The number of carbonyl (C=O) groups is 3. The molecule has 0 spiro atoms. The van der Waals surface area contributed by atoms with Crippen molar-refractivity contribution in [1.29, 1.82) is 0 Å². The SMILES string of the molecule is COCCNC(=O)CCNC(=O)C1(C(=O)O)CC1. The maximum Gasteiger partial charge on any atom is 0.319 e. The molecular weight excluding hydrogens is 240 g/mol. The van der Waals surface area contributed by atoms with Crippen molar-refractivity contribution in [3.63, 3.8) is 0 Å². The highest BCUT2D eigenvalue weighted by molar-refractivity contribution is 6.04. The van der Waals surface area contributed by atoms with Crippen LogP contribution in [-0.4, -0.2) is 49.7 Å². The lowest BCUT2D eigenvalue weighted by Gasteiger charge is -2.10. The first-order valence-electron chi connectivity index (χ1n) is 5.80. The van der Waals surface area contributed by atoms with E-state index in [0.717, 1.165) is 0 Å². The molecule has 1 aliphatic rings. The lowest BCUT2D eigenvalue weighted by atomic mass is 10.1. The van der Waals surface area contributed by atoms with Gasteiger partial charge in [-0.3, -0.25) is 14.4 Å². The van der Waals surface area contributed by atoms with Gasteiger partial charge in [0.05, 0.1) is 6.61 Å². The second-order valence-corrected chi connectivity index (χ2v) is 4.24. The Labute approximate surface area is 105 Å². The van der Waals surface area contributed by atoms with Crippen LogP contribution >= 0.6 is 0 Å². The van der Waals surface area contributed by atoms with Crippen molar-refractivity contribution in [2.24, 2.45) is 5.41 Å². The van der Waals surface area contributed by atoms with Gasteiger partial charge in [0.1, 0.15) is 5.41 Å². The van der Waals surface area contributed by atoms with E-state index in [1.807, 2.05) is 0 Å². The first-order valence-corrected chi connectivity index (χ1v) is 5.80. The standard InChI is InChI=1S/C11H18N2O5/c1-18-7-6-12-8(14)2-5-13-9(15)11(3-4-11)10(16)17/h2-7H2,1H3,(H,12,14)(H,13,15)(H,16,17). The molecule has 7 nitrogen and oxygen atoms in total. The topological polar surface area (TPSA) is 105 Å². The van der Waals surface area contributed by atoms with Crippen LogP contribution in [0.15, 0.2) is 0 Å². The van der Waals surface area contributed by atoms with Crippen molar-refractivity contribution >= 4 is 17.8 Å². The molecule has 1 rings (SSSR count). The van der Waals surface area contributed by atoms with Crippen LogP contribution in [0.1, 0.15) is 19.3 Å². The number of rotatable bonds is 8. The first-order chi connectivity index (χ1) is 8.53. The average Bonchev–Trinajstić information content (AvgIpc) is 3.10. The van der Waals surface area contributed by atoms with Crippen LogP contribution in [0.2, 0.25) is 0 Å². The largest absolute Gasteiger partial charge is 0.480 e. The Balaban J connectivity index is 2.16. The zero-order chi connectivity index (χ0) is 13.6. The molecule has 102 valence electrons. The quantitative estimate of drug-likeness (QED) is 0.387. The third-order valence-corrected chi connectivity index (χ3v) is 2.86. The second-order valence-electron chi connectivity index (χ2n) is 4.24. The highest BCUT2D eigenvalue weighted by Gasteiger charge is 2.56. The molecule has 0 radical (unpaired) electrons. The fraction of sp³-hybridized carbons (Fsp3) is 0.727. The van der Waals surface area contributed by atoms with Gasteiger partial charge in [0.15, 0.2) is 0 Å². The zero-order valence-electron chi connectivity index (χ0n) is 10.3. The fourth-order valence-corrected chi connectivity index (χ4v) is 1.50. The van der Waals surface area contributed by atoms with Gasteiger partial charge in [-0.1, -0.05) is 0 Å². The Morgan fingerprint density at radius 1 is 1.22 bits per heavy atom. The van der Waals surface area contributed by atoms with E-state index in [9.17, 15) is 14.4 Å². The van der Waals surface area contributed by atoms with Crippen molar-refractivity contribution in [3.8, 4) is 0 Å². The minimum atomic E-state index is -1.24. The van der Waals surface area contributed by atoms with Gasteiger partial charge in [0.25, 0.3) is 0 Å². The summed E-state index contributed by atoms with van der Waals surface area (Å²) in [5.41, 5.74) is -1.24. The summed E-state index contributed by atoms with van der Waals surface area (Å²) in [5.74, 6) is -1.79. The molecule has 2 amide bonds. The van der Waals surface area contributed by atoms with Crippen molar-refractivity contribution < 1.29 is 24.2 Å². The van der Waals surface area contributed by atoms with Gasteiger partial charge in [-0.15, -0.1) is 0 Å². The van der Waals surface area contributed by atoms with Gasteiger partial charge in [0, 0.05) is 26.6 Å².